The number of aliphatic hydroxyl groups is 1. The summed E-state index contributed by atoms with van der Waals surface area (Å²) < 4.78 is 0. The second kappa shape index (κ2) is 5.72. The van der Waals surface area contributed by atoms with Crippen LogP contribution in [0.1, 0.15) is 41.5 Å². The van der Waals surface area contributed by atoms with Crippen molar-refractivity contribution < 1.29 is 5.11 Å². The fourth-order valence-corrected chi connectivity index (χ4v) is 1.37. The van der Waals surface area contributed by atoms with Gasteiger partial charge in [0, 0.05) is 13.1 Å². The van der Waals surface area contributed by atoms with Crippen molar-refractivity contribution >= 4 is 0 Å². The van der Waals surface area contributed by atoms with E-state index in [4.69, 9.17) is 0 Å². The number of nitrogens with zero attached hydrogens (tertiary/aromatic N) is 1. The lowest BCUT2D eigenvalue weighted by Gasteiger charge is -2.32. The molecule has 0 aliphatic carbocycles. The molecule has 0 saturated heterocycles. The summed E-state index contributed by atoms with van der Waals surface area (Å²) in [6.45, 7) is 15.7. The number of likely N-dealkylation sites (N-methyl/N-ethyl adjacent to an activating group) is 1. The molecule has 86 valence electrons. The van der Waals surface area contributed by atoms with Crippen LogP contribution in [-0.4, -0.2) is 35.7 Å². The number of hydrogen-bond donors (Lipinski definition) is 1. The lowest BCUT2D eigenvalue weighted by atomic mass is 9.89. The van der Waals surface area contributed by atoms with Gasteiger partial charge in [0.15, 0.2) is 0 Å². The summed E-state index contributed by atoms with van der Waals surface area (Å²) in [5.74, 6) is 0.669. The van der Waals surface area contributed by atoms with Gasteiger partial charge in [0.2, 0.25) is 0 Å². The van der Waals surface area contributed by atoms with Gasteiger partial charge in [-0.15, -0.1) is 0 Å². The first kappa shape index (κ1) is 13.9. The Labute approximate surface area is 89.3 Å². The largest absolute Gasteiger partial charge is 0.391 e. The minimum Gasteiger partial charge on any atom is -0.391 e. The highest BCUT2D eigenvalue weighted by molar-refractivity contribution is 4.76. The zero-order valence-electron chi connectivity index (χ0n) is 10.7. The van der Waals surface area contributed by atoms with Crippen molar-refractivity contribution in [3.8, 4) is 0 Å². The van der Waals surface area contributed by atoms with Gasteiger partial charge in [-0.1, -0.05) is 41.5 Å². The van der Waals surface area contributed by atoms with Crippen molar-refractivity contribution in [2.75, 3.05) is 19.6 Å². The Morgan fingerprint density at radius 3 is 1.93 bits per heavy atom. The third kappa shape index (κ3) is 5.61. The van der Waals surface area contributed by atoms with Crippen molar-refractivity contribution in [1.29, 1.82) is 0 Å². The average Bonchev–Trinajstić information content (AvgIpc) is 2.00. The van der Waals surface area contributed by atoms with E-state index in [9.17, 15) is 5.11 Å². The topological polar surface area (TPSA) is 23.5 Å². The molecule has 0 amide bonds. The predicted octanol–water partition coefficient (Wildman–Crippen LogP) is 2.37. The summed E-state index contributed by atoms with van der Waals surface area (Å²) in [7, 11) is 0. The van der Waals surface area contributed by atoms with Gasteiger partial charge in [0.1, 0.15) is 0 Å². The predicted molar refractivity (Wildman–Crippen MR) is 62.4 cm³/mol. The fourth-order valence-electron chi connectivity index (χ4n) is 1.37. The molecule has 0 aromatic heterocycles. The Balaban J connectivity index is 4.05. The third-order valence-corrected chi connectivity index (χ3v) is 2.50. The Morgan fingerprint density at radius 1 is 1.14 bits per heavy atom. The van der Waals surface area contributed by atoms with Crippen LogP contribution in [0.25, 0.3) is 0 Å². The van der Waals surface area contributed by atoms with Crippen LogP contribution in [0.4, 0.5) is 0 Å². The number of aliphatic hydroxyl groups excluding tert-OH is 1. The van der Waals surface area contributed by atoms with E-state index >= 15 is 0 Å². The SMILES string of the molecule is CCN(CC(C)C)CC(O)C(C)(C)C. The van der Waals surface area contributed by atoms with Crippen molar-refractivity contribution in [2.45, 2.75) is 47.6 Å². The summed E-state index contributed by atoms with van der Waals surface area (Å²) in [6, 6.07) is 0. The van der Waals surface area contributed by atoms with E-state index in [1.165, 1.54) is 0 Å². The van der Waals surface area contributed by atoms with E-state index in [1.807, 2.05) is 0 Å². The lowest BCUT2D eigenvalue weighted by Crippen LogP contribution is -2.40. The summed E-state index contributed by atoms with van der Waals surface area (Å²) in [5.41, 5.74) is -0.00952. The van der Waals surface area contributed by atoms with Crippen LogP contribution in [0, 0.1) is 11.3 Å². The summed E-state index contributed by atoms with van der Waals surface area (Å²) in [5, 5.41) is 9.96. The summed E-state index contributed by atoms with van der Waals surface area (Å²) >= 11 is 0. The molecule has 0 aliphatic heterocycles. The van der Waals surface area contributed by atoms with E-state index in [0.717, 1.165) is 19.6 Å². The highest BCUT2D eigenvalue weighted by Crippen LogP contribution is 2.20. The molecule has 0 saturated carbocycles. The third-order valence-electron chi connectivity index (χ3n) is 2.50. The lowest BCUT2D eigenvalue weighted by molar-refractivity contribution is 0.0269. The molecule has 0 aliphatic rings. The molecule has 0 rings (SSSR count). The first-order valence-corrected chi connectivity index (χ1v) is 5.67. The van der Waals surface area contributed by atoms with Crippen molar-refractivity contribution in [3.63, 3.8) is 0 Å². The Morgan fingerprint density at radius 2 is 1.64 bits per heavy atom. The number of hydrogen-bond acceptors (Lipinski definition) is 2. The molecule has 0 bridgehead atoms. The maximum absolute atomic E-state index is 9.96. The maximum atomic E-state index is 9.96. The number of rotatable bonds is 5. The Kier molecular flexibility index (Phi) is 5.68. The molecule has 0 aromatic rings. The van der Waals surface area contributed by atoms with Crippen molar-refractivity contribution in [3.05, 3.63) is 0 Å². The fraction of sp³-hybridized carbons (Fsp3) is 1.00. The van der Waals surface area contributed by atoms with E-state index in [2.05, 4.69) is 46.4 Å². The average molecular weight is 201 g/mol. The Bertz CT molecular complexity index is 149. The van der Waals surface area contributed by atoms with Gasteiger partial charge in [-0.2, -0.15) is 0 Å². The molecule has 1 atom stereocenters. The van der Waals surface area contributed by atoms with Crippen LogP contribution in [0.3, 0.4) is 0 Å². The highest BCUT2D eigenvalue weighted by atomic mass is 16.3. The van der Waals surface area contributed by atoms with Crippen molar-refractivity contribution in [1.82, 2.24) is 4.90 Å². The minimum atomic E-state index is -0.235. The normalized spacial score (nSPS) is 15.2. The van der Waals surface area contributed by atoms with Gasteiger partial charge in [-0.3, -0.25) is 0 Å². The molecule has 2 nitrogen and oxygen atoms in total. The second-order valence-corrected chi connectivity index (χ2v) is 5.63. The molecule has 1 N–H and O–H groups in total. The molecular weight excluding hydrogens is 174 g/mol. The molecule has 2 heteroatoms. The quantitative estimate of drug-likeness (QED) is 0.738. The molecule has 0 fully saturated rings. The minimum absolute atomic E-state index is 0.00952. The van der Waals surface area contributed by atoms with Gasteiger partial charge in [-0.05, 0) is 17.9 Å². The van der Waals surface area contributed by atoms with Crippen LogP contribution in [0.15, 0.2) is 0 Å². The zero-order valence-corrected chi connectivity index (χ0v) is 10.7. The standard InChI is InChI=1S/C12H27NO/c1-7-13(8-10(2)3)9-11(14)12(4,5)6/h10-11,14H,7-9H2,1-6H3. The van der Waals surface area contributed by atoms with Gasteiger partial charge < -0.3 is 10.0 Å². The molecule has 0 radical (unpaired) electrons. The van der Waals surface area contributed by atoms with Gasteiger partial charge in [0.25, 0.3) is 0 Å². The second-order valence-electron chi connectivity index (χ2n) is 5.63. The summed E-state index contributed by atoms with van der Waals surface area (Å²) in [6.07, 6.45) is -0.235. The molecule has 0 aromatic carbocycles. The molecular formula is C12H27NO. The molecule has 14 heavy (non-hydrogen) atoms. The van der Waals surface area contributed by atoms with Crippen molar-refractivity contribution in [2.24, 2.45) is 11.3 Å². The van der Waals surface area contributed by atoms with Crippen LogP contribution >= 0.6 is 0 Å². The van der Waals surface area contributed by atoms with Crippen LogP contribution in [0.5, 0.6) is 0 Å². The zero-order chi connectivity index (χ0) is 11.4. The van der Waals surface area contributed by atoms with Gasteiger partial charge in [-0.25, -0.2) is 0 Å². The van der Waals surface area contributed by atoms with E-state index in [-0.39, 0.29) is 11.5 Å². The van der Waals surface area contributed by atoms with E-state index in [0.29, 0.717) is 5.92 Å². The van der Waals surface area contributed by atoms with Crippen LogP contribution in [0.2, 0.25) is 0 Å². The monoisotopic (exact) mass is 201 g/mol. The van der Waals surface area contributed by atoms with Gasteiger partial charge in [0.05, 0.1) is 6.10 Å². The molecule has 1 unspecified atom stereocenters. The van der Waals surface area contributed by atoms with E-state index < -0.39 is 0 Å². The first-order valence-electron chi connectivity index (χ1n) is 5.67. The maximum Gasteiger partial charge on any atom is 0.0715 e. The first-order chi connectivity index (χ1) is 6.27. The highest BCUT2D eigenvalue weighted by Gasteiger charge is 2.23. The van der Waals surface area contributed by atoms with E-state index in [1.54, 1.807) is 0 Å². The van der Waals surface area contributed by atoms with Crippen LogP contribution in [-0.2, 0) is 0 Å². The summed E-state index contributed by atoms with van der Waals surface area (Å²) in [4.78, 5) is 2.32. The Hall–Kier alpha value is -0.0800. The van der Waals surface area contributed by atoms with Gasteiger partial charge >= 0.3 is 0 Å². The molecule has 0 spiro atoms. The molecule has 0 heterocycles. The van der Waals surface area contributed by atoms with Crippen LogP contribution < -0.4 is 0 Å². The smallest absolute Gasteiger partial charge is 0.0715 e.